The Morgan fingerprint density at radius 2 is 1.41 bits per heavy atom. The summed E-state index contributed by atoms with van der Waals surface area (Å²) in [5.74, 6) is 1.34. The fourth-order valence-electron chi connectivity index (χ4n) is 6.77. The Morgan fingerprint density at radius 3 is 1.91 bits per heavy atom. The van der Waals surface area contributed by atoms with E-state index in [2.05, 4.69) is 43.4 Å². The van der Waals surface area contributed by atoms with Crippen LogP contribution >= 0.6 is 8.53 Å². The van der Waals surface area contributed by atoms with E-state index in [-0.39, 0.29) is 31.7 Å². The van der Waals surface area contributed by atoms with Crippen molar-refractivity contribution in [1.82, 2.24) is 14.2 Å². The molecule has 0 amide bonds. The second-order valence-corrected chi connectivity index (χ2v) is 14.7. The fraction of sp³-hybridized carbons (Fsp3) is 0.425. The highest BCUT2D eigenvalue weighted by Crippen LogP contribution is 2.49. The maximum absolute atomic E-state index is 13.3. The first-order valence-corrected chi connectivity index (χ1v) is 18.9. The maximum Gasteiger partial charge on any atom is 0.330 e. The number of H-pyrrole nitrogens is 1. The molecule has 3 aromatic carbocycles. The number of aromatic nitrogens is 2. The highest BCUT2D eigenvalue weighted by molar-refractivity contribution is 7.44. The zero-order chi connectivity index (χ0) is 38.8. The summed E-state index contributed by atoms with van der Waals surface area (Å²) >= 11 is 0. The van der Waals surface area contributed by atoms with E-state index >= 15 is 0 Å². The molecule has 5 unspecified atom stereocenters. The van der Waals surface area contributed by atoms with Crippen molar-refractivity contribution in [2.24, 2.45) is 0 Å². The van der Waals surface area contributed by atoms with E-state index in [1.54, 1.807) is 14.2 Å². The molecule has 0 aliphatic carbocycles. The van der Waals surface area contributed by atoms with Gasteiger partial charge < -0.3 is 32.7 Å². The molecule has 1 fully saturated rings. The third-order valence-corrected chi connectivity index (χ3v) is 11.3. The predicted octanol–water partition coefficient (Wildman–Crippen LogP) is 6.14. The Morgan fingerprint density at radius 1 is 0.833 bits per heavy atom. The fourth-order valence-corrected chi connectivity index (χ4v) is 8.39. The van der Waals surface area contributed by atoms with Gasteiger partial charge in [0.1, 0.15) is 35.4 Å². The van der Waals surface area contributed by atoms with Crippen LogP contribution in [0.4, 0.5) is 0 Å². The van der Waals surface area contributed by atoms with Crippen LogP contribution in [0.15, 0.2) is 101 Å². The Labute approximate surface area is 317 Å². The molecule has 1 aliphatic heterocycles. The molecule has 2 heterocycles. The summed E-state index contributed by atoms with van der Waals surface area (Å²) in [7, 11) is 3.09. The molecule has 14 heteroatoms. The molecule has 1 aromatic heterocycles. The molecule has 0 radical (unpaired) electrons. The van der Waals surface area contributed by atoms with E-state index in [0.29, 0.717) is 11.5 Å². The SMILES string of the molecule is COc1ccc(C(OC2C(COP(OCCC#N)N(C(C)C)C(C)C)OC(n3ccc(=O)[nH]c3=O)C2OC)(c2ccccc2)c2ccc(OC)cc2)cc1. The monoisotopic (exact) mass is 760 g/mol. The van der Waals surface area contributed by atoms with Gasteiger partial charge in [-0.2, -0.15) is 5.26 Å². The molecule has 0 spiro atoms. The lowest BCUT2D eigenvalue weighted by molar-refractivity contribution is -0.117. The molecular formula is C40H49N4O9P. The summed E-state index contributed by atoms with van der Waals surface area (Å²) in [6, 6.07) is 28.6. The molecule has 0 bridgehead atoms. The number of hydrogen-bond acceptors (Lipinski definition) is 11. The van der Waals surface area contributed by atoms with Crippen molar-refractivity contribution in [3.8, 4) is 17.6 Å². The van der Waals surface area contributed by atoms with Gasteiger partial charge in [-0.1, -0.05) is 54.6 Å². The number of ether oxygens (including phenoxy) is 5. The van der Waals surface area contributed by atoms with Crippen molar-refractivity contribution in [3.63, 3.8) is 0 Å². The van der Waals surface area contributed by atoms with Crippen LogP contribution < -0.4 is 20.7 Å². The van der Waals surface area contributed by atoms with Gasteiger partial charge in [0.15, 0.2) is 6.23 Å². The molecule has 4 aromatic rings. The van der Waals surface area contributed by atoms with Crippen LogP contribution in [0.1, 0.15) is 57.0 Å². The minimum Gasteiger partial charge on any atom is -0.497 e. The molecular weight excluding hydrogens is 711 g/mol. The molecule has 1 N–H and O–H groups in total. The molecule has 13 nitrogen and oxygen atoms in total. The number of methoxy groups -OCH3 is 3. The number of nitriles is 1. The number of nitrogens with zero attached hydrogens (tertiary/aromatic N) is 3. The topological polar surface area (TPSA) is 146 Å². The lowest BCUT2D eigenvalue weighted by Crippen LogP contribution is -2.46. The van der Waals surface area contributed by atoms with E-state index < -0.39 is 49.9 Å². The van der Waals surface area contributed by atoms with Gasteiger partial charge in [-0.3, -0.25) is 14.3 Å². The Kier molecular flexibility index (Phi) is 14.2. The summed E-state index contributed by atoms with van der Waals surface area (Å²) in [6.45, 7) is 8.39. The van der Waals surface area contributed by atoms with Crippen molar-refractivity contribution < 1.29 is 32.7 Å². The van der Waals surface area contributed by atoms with Crippen LogP contribution in [-0.2, 0) is 28.9 Å². The summed E-state index contributed by atoms with van der Waals surface area (Å²) in [5.41, 5.74) is -0.0993. The van der Waals surface area contributed by atoms with Gasteiger partial charge >= 0.3 is 5.69 Å². The van der Waals surface area contributed by atoms with Gasteiger partial charge in [0.25, 0.3) is 14.1 Å². The van der Waals surface area contributed by atoms with Crippen LogP contribution in [0, 0.1) is 11.3 Å². The highest BCUT2D eigenvalue weighted by Gasteiger charge is 2.52. The molecule has 5 atom stereocenters. The average Bonchev–Trinajstić information content (AvgIpc) is 3.52. The minimum atomic E-state index is -1.66. The van der Waals surface area contributed by atoms with Crippen LogP contribution in [-0.4, -0.2) is 79.2 Å². The van der Waals surface area contributed by atoms with Crippen molar-refractivity contribution in [3.05, 3.63) is 129 Å². The molecule has 1 saturated heterocycles. The first kappa shape index (κ1) is 40.8. The van der Waals surface area contributed by atoms with E-state index in [1.807, 2.05) is 78.9 Å². The smallest absolute Gasteiger partial charge is 0.330 e. The van der Waals surface area contributed by atoms with Crippen LogP contribution in [0.25, 0.3) is 0 Å². The standard InChI is InChI=1S/C40H49N4O9P/c1-27(2)44(28(3)4)54(50-25-11-23-41)51-26-34-36(37(49-7)38(52-34)43-24-22-35(45)42-39(43)46)53-40(29-12-9-8-10-13-29,30-14-18-32(47-5)19-15-30)31-16-20-33(48-6)21-17-31/h8-10,12-22,24,27-28,34,36-38H,11,25-26H2,1-7H3,(H,42,45,46). The van der Waals surface area contributed by atoms with E-state index in [9.17, 15) is 14.9 Å². The highest BCUT2D eigenvalue weighted by atomic mass is 31.2. The van der Waals surface area contributed by atoms with E-state index in [0.717, 1.165) is 16.7 Å². The van der Waals surface area contributed by atoms with E-state index in [1.165, 1.54) is 23.9 Å². The largest absolute Gasteiger partial charge is 0.497 e. The van der Waals surface area contributed by atoms with Crippen LogP contribution in [0.2, 0.25) is 0 Å². The number of rotatable bonds is 18. The minimum absolute atomic E-state index is 0.0244. The normalized spacial score (nSPS) is 19.3. The zero-order valence-corrected chi connectivity index (χ0v) is 32.6. The maximum atomic E-state index is 13.3. The molecule has 54 heavy (non-hydrogen) atoms. The first-order valence-electron chi connectivity index (χ1n) is 17.8. The quantitative estimate of drug-likeness (QED) is 0.0710. The third kappa shape index (κ3) is 8.94. The number of aromatic amines is 1. The molecule has 288 valence electrons. The van der Waals surface area contributed by atoms with Gasteiger partial charge in [-0.25, -0.2) is 9.46 Å². The summed E-state index contributed by atoms with van der Waals surface area (Å²) < 4.78 is 47.7. The number of hydrogen-bond donors (Lipinski definition) is 1. The first-order chi connectivity index (χ1) is 26.1. The average molecular weight is 761 g/mol. The molecule has 0 saturated carbocycles. The second kappa shape index (κ2) is 18.8. The molecule has 5 rings (SSSR count). The van der Waals surface area contributed by atoms with Gasteiger partial charge in [0, 0.05) is 31.5 Å². The van der Waals surface area contributed by atoms with Gasteiger partial charge in [-0.05, 0) is 68.7 Å². The van der Waals surface area contributed by atoms with Crippen molar-refractivity contribution in [2.75, 3.05) is 34.5 Å². The van der Waals surface area contributed by atoms with Crippen LogP contribution in [0.3, 0.4) is 0 Å². The van der Waals surface area contributed by atoms with Crippen molar-refractivity contribution in [2.45, 2.75) is 76.3 Å². The Balaban J connectivity index is 1.68. The number of benzene rings is 3. The lowest BCUT2D eigenvalue weighted by Gasteiger charge is -2.40. The van der Waals surface area contributed by atoms with Gasteiger partial charge in [-0.15, -0.1) is 0 Å². The van der Waals surface area contributed by atoms with Crippen molar-refractivity contribution >= 4 is 8.53 Å². The summed E-state index contributed by atoms with van der Waals surface area (Å²) in [4.78, 5) is 27.7. The van der Waals surface area contributed by atoms with Gasteiger partial charge in [0.05, 0.1) is 39.9 Å². The predicted molar refractivity (Wildman–Crippen MR) is 204 cm³/mol. The lowest BCUT2D eigenvalue weighted by atomic mass is 9.79. The van der Waals surface area contributed by atoms with Crippen molar-refractivity contribution in [1.29, 1.82) is 5.26 Å². The van der Waals surface area contributed by atoms with Crippen LogP contribution in [0.5, 0.6) is 11.5 Å². The number of nitrogens with one attached hydrogen (secondary N) is 1. The summed E-state index contributed by atoms with van der Waals surface area (Å²) in [6.07, 6.45) is -2.03. The Hall–Kier alpha value is -4.38. The zero-order valence-electron chi connectivity index (χ0n) is 31.7. The summed E-state index contributed by atoms with van der Waals surface area (Å²) in [5, 5.41) is 9.26. The van der Waals surface area contributed by atoms with E-state index in [4.69, 9.17) is 32.7 Å². The second-order valence-electron chi connectivity index (χ2n) is 13.2. The Bertz CT molecular complexity index is 1870. The molecule has 1 aliphatic rings. The van der Waals surface area contributed by atoms with Gasteiger partial charge in [0.2, 0.25) is 0 Å². The third-order valence-electron chi connectivity index (χ3n) is 9.18.